The number of ether oxygens (including phenoxy) is 1. The Morgan fingerprint density at radius 2 is 1.78 bits per heavy atom. The van der Waals surface area contributed by atoms with E-state index in [1.165, 1.54) is 0 Å². The Labute approximate surface area is 192 Å². The molecule has 32 heavy (non-hydrogen) atoms. The normalized spacial score (nSPS) is 12.1. The second kappa shape index (κ2) is 12.2. The molecule has 0 amide bonds. The highest BCUT2D eigenvalue weighted by atomic mass is 16.5. The van der Waals surface area contributed by atoms with Crippen molar-refractivity contribution >= 4 is 0 Å². The highest BCUT2D eigenvalue weighted by molar-refractivity contribution is 5.43. The smallest absolute Gasteiger partial charge is 0.227 e. The van der Waals surface area contributed by atoms with E-state index in [0.717, 1.165) is 60.8 Å². The van der Waals surface area contributed by atoms with Gasteiger partial charge in [0.1, 0.15) is 5.75 Å². The lowest BCUT2D eigenvalue weighted by Crippen LogP contribution is -2.33. The van der Waals surface area contributed by atoms with Crippen molar-refractivity contribution in [3.63, 3.8) is 0 Å². The molecule has 1 unspecified atom stereocenters. The van der Waals surface area contributed by atoms with E-state index in [-0.39, 0.29) is 6.10 Å². The molecule has 3 aromatic rings. The Morgan fingerprint density at radius 3 is 2.41 bits per heavy atom. The van der Waals surface area contributed by atoms with Crippen LogP contribution in [0.25, 0.3) is 5.69 Å². The highest BCUT2D eigenvalue weighted by Gasteiger charge is 2.23. The van der Waals surface area contributed by atoms with Crippen LogP contribution in [-0.2, 0) is 13.0 Å². The molecule has 1 aromatic heterocycles. The summed E-state index contributed by atoms with van der Waals surface area (Å²) in [5, 5.41) is 15.5. The van der Waals surface area contributed by atoms with Crippen LogP contribution in [0.15, 0.2) is 73.3 Å². The summed E-state index contributed by atoms with van der Waals surface area (Å²) in [7, 11) is 0. The predicted octanol–water partition coefficient (Wildman–Crippen LogP) is 5.77. The van der Waals surface area contributed by atoms with Crippen LogP contribution in [0.5, 0.6) is 11.6 Å². The van der Waals surface area contributed by atoms with Gasteiger partial charge in [0.25, 0.3) is 0 Å². The minimum absolute atomic E-state index is 0.382. The third kappa shape index (κ3) is 6.31. The molecule has 0 aliphatic heterocycles. The summed E-state index contributed by atoms with van der Waals surface area (Å²) in [6.45, 7) is 10.2. The summed E-state index contributed by atoms with van der Waals surface area (Å²) in [6.07, 6.45) is 4.83. The van der Waals surface area contributed by atoms with Gasteiger partial charge in [-0.3, -0.25) is 4.90 Å². The first-order valence-electron chi connectivity index (χ1n) is 11.6. The van der Waals surface area contributed by atoms with Crippen molar-refractivity contribution in [1.82, 2.24) is 14.7 Å². The third-order valence-corrected chi connectivity index (χ3v) is 5.41. The number of allylic oxidation sites excluding steroid dienone is 1. The largest absolute Gasteiger partial charge is 0.439 e. The quantitative estimate of drug-likeness (QED) is 0.348. The van der Waals surface area contributed by atoms with Gasteiger partial charge < -0.3 is 9.84 Å². The molecule has 170 valence electrons. The molecule has 0 aliphatic rings. The fraction of sp³-hybridized carbons (Fsp3) is 0.370. The second-order valence-corrected chi connectivity index (χ2v) is 8.00. The van der Waals surface area contributed by atoms with Crippen molar-refractivity contribution in [2.24, 2.45) is 0 Å². The molecular formula is C27H35N3O2. The number of aromatic nitrogens is 2. The van der Waals surface area contributed by atoms with Crippen LogP contribution in [0.2, 0.25) is 0 Å². The minimum atomic E-state index is -0.382. The number of rotatable bonds is 13. The van der Waals surface area contributed by atoms with Crippen LogP contribution in [0.4, 0.5) is 0 Å². The summed E-state index contributed by atoms with van der Waals surface area (Å²) in [5.41, 5.74) is 3.05. The van der Waals surface area contributed by atoms with Gasteiger partial charge in [-0.15, -0.1) is 6.58 Å². The molecule has 5 heteroatoms. The lowest BCUT2D eigenvalue weighted by molar-refractivity contribution is 0.102. The molecule has 0 fully saturated rings. The SMILES string of the molecule is C=CCCC(O)CN(CCC)Cc1c(CC)nn(-c2ccccc2)c1Oc1ccccc1. The van der Waals surface area contributed by atoms with Crippen LogP contribution < -0.4 is 4.74 Å². The van der Waals surface area contributed by atoms with Crippen molar-refractivity contribution in [3.05, 3.63) is 84.6 Å². The highest BCUT2D eigenvalue weighted by Crippen LogP contribution is 2.32. The van der Waals surface area contributed by atoms with Crippen LogP contribution in [0, 0.1) is 0 Å². The Hall–Kier alpha value is -2.89. The molecule has 1 atom stereocenters. The van der Waals surface area contributed by atoms with Crippen molar-refractivity contribution < 1.29 is 9.84 Å². The van der Waals surface area contributed by atoms with Gasteiger partial charge in [-0.05, 0) is 56.5 Å². The molecule has 3 rings (SSSR count). The zero-order valence-corrected chi connectivity index (χ0v) is 19.3. The maximum absolute atomic E-state index is 10.5. The number of hydrogen-bond acceptors (Lipinski definition) is 4. The van der Waals surface area contributed by atoms with Crippen molar-refractivity contribution in [3.8, 4) is 17.3 Å². The van der Waals surface area contributed by atoms with E-state index in [4.69, 9.17) is 9.84 Å². The van der Waals surface area contributed by atoms with Crippen molar-refractivity contribution in [1.29, 1.82) is 0 Å². The van der Waals surface area contributed by atoms with E-state index in [9.17, 15) is 5.11 Å². The average Bonchev–Trinajstić information content (AvgIpc) is 3.16. The van der Waals surface area contributed by atoms with E-state index in [0.29, 0.717) is 13.1 Å². The standard InChI is InChI=1S/C27H35N3O2/c1-4-7-16-23(31)20-29(19-5-2)21-25-26(6-3)28-30(22-14-10-8-11-15-22)27(25)32-24-17-12-9-13-18-24/h4,8-15,17-18,23,31H,1,5-7,16,19-21H2,2-3H3. The molecule has 1 N–H and O–H groups in total. The van der Waals surface area contributed by atoms with E-state index < -0.39 is 0 Å². The van der Waals surface area contributed by atoms with Crippen LogP contribution in [0.1, 0.15) is 44.4 Å². The first kappa shape index (κ1) is 23.8. The molecule has 2 aromatic carbocycles. The average molecular weight is 434 g/mol. The summed E-state index contributed by atoms with van der Waals surface area (Å²) in [6, 6.07) is 19.9. The number of aliphatic hydroxyl groups excluding tert-OH is 1. The number of hydrogen-bond donors (Lipinski definition) is 1. The Kier molecular flexibility index (Phi) is 9.08. The first-order chi connectivity index (χ1) is 15.7. The van der Waals surface area contributed by atoms with Crippen molar-refractivity contribution in [2.75, 3.05) is 13.1 Å². The number of aliphatic hydroxyl groups is 1. The fourth-order valence-electron chi connectivity index (χ4n) is 3.84. The molecule has 0 saturated carbocycles. The maximum Gasteiger partial charge on any atom is 0.227 e. The number of aryl methyl sites for hydroxylation is 1. The van der Waals surface area contributed by atoms with E-state index in [1.807, 2.05) is 71.4 Å². The Balaban J connectivity index is 1.98. The van der Waals surface area contributed by atoms with Gasteiger partial charge in [-0.2, -0.15) is 5.10 Å². The van der Waals surface area contributed by atoms with Gasteiger partial charge in [-0.1, -0.05) is 56.3 Å². The zero-order chi connectivity index (χ0) is 22.8. The van der Waals surface area contributed by atoms with Crippen LogP contribution in [0.3, 0.4) is 0 Å². The number of para-hydroxylation sites is 2. The third-order valence-electron chi connectivity index (χ3n) is 5.41. The lowest BCUT2D eigenvalue weighted by Gasteiger charge is -2.25. The van der Waals surface area contributed by atoms with Gasteiger partial charge in [-0.25, -0.2) is 4.68 Å². The Bertz CT molecular complexity index is 954. The maximum atomic E-state index is 10.5. The summed E-state index contributed by atoms with van der Waals surface area (Å²) in [4.78, 5) is 2.30. The van der Waals surface area contributed by atoms with Gasteiger partial charge in [0.05, 0.1) is 23.0 Å². The molecule has 0 radical (unpaired) electrons. The number of benzene rings is 2. The zero-order valence-electron chi connectivity index (χ0n) is 19.3. The summed E-state index contributed by atoms with van der Waals surface area (Å²) < 4.78 is 8.33. The monoisotopic (exact) mass is 433 g/mol. The molecule has 0 saturated heterocycles. The van der Waals surface area contributed by atoms with Gasteiger partial charge >= 0.3 is 0 Å². The summed E-state index contributed by atoms with van der Waals surface area (Å²) in [5.74, 6) is 1.52. The lowest BCUT2D eigenvalue weighted by atomic mass is 10.1. The molecule has 0 aliphatic carbocycles. The number of nitrogens with zero attached hydrogens (tertiary/aromatic N) is 3. The molecular weight excluding hydrogens is 398 g/mol. The van der Waals surface area contributed by atoms with Gasteiger partial charge in [0.2, 0.25) is 5.88 Å². The molecule has 5 nitrogen and oxygen atoms in total. The second-order valence-electron chi connectivity index (χ2n) is 8.00. The molecule has 0 spiro atoms. The van der Waals surface area contributed by atoms with Crippen LogP contribution in [-0.4, -0.2) is 39.0 Å². The molecule has 1 heterocycles. The predicted molar refractivity (Wildman–Crippen MR) is 130 cm³/mol. The molecule has 0 bridgehead atoms. The Morgan fingerprint density at radius 1 is 1.09 bits per heavy atom. The van der Waals surface area contributed by atoms with Crippen molar-refractivity contribution in [2.45, 2.75) is 52.2 Å². The topological polar surface area (TPSA) is 50.5 Å². The van der Waals surface area contributed by atoms with E-state index in [2.05, 4.69) is 25.3 Å². The van der Waals surface area contributed by atoms with E-state index >= 15 is 0 Å². The summed E-state index contributed by atoms with van der Waals surface area (Å²) >= 11 is 0. The van der Waals surface area contributed by atoms with Crippen LogP contribution >= 0.6 is 0 Å². The first-order valence-corrected chi connectivity index (χ1v) is 11.6. The van der Waals surface area contributed by atoms with Gasteiger partial charge in [0, 0.05) is 13.1 Å². The van der Waals surface area contributed by atoms with E-state index in [1.54, 1.807) is 0 Å². The fourth-order valence-corrected chi connectivity index (χ4v) is 3.84. The minimum Gasteiger partial charge on any atom is -0.439 e. The van der Waals surface area contributed by atoms with Gasteiger partial charge in [0.15, 0.2) is 0 Å².